The molecule has 0 saturated heterocycles. The minimum atomic E-state index is 0.889. The van der Waals surface area contributed by atoms with Crippen LogP contribution in [-0.2, 0) is 0 Å². The highest BCUT2D eigenvalue weighted by molar-refractivity contribution is 5.88. The van der Waals surface area contributed by atoms with Crippen LogP contribution in [0, 0.1) is 27.7 Å². The standard InChI is InChI=1S/C22H21NO/c1-13-5-7-17(8-6-13)19-9-10-20(23-19)21-12-18-16(4)14(2)11-15(3)22(18)24-21/h5-12,23H,1-4H3. The molecular formula is C22H21NO. The van der Waals surface area contributed by atoms with Crippen LogP contribution >= 0.6 is 0 Å². The largest absolute Gasteiger partial charge is 0.454 e. The van der Waals surface area contributed by atoms with Gasteiger partial charge in [-0.05, 0) is 68.1 Å². The summed E-state index contributed by atoms with van der Waals surface area (Å²) in [6.45, 7) is 8.51. The summed E-state index contributed by atoms with van der Waals surface area (Å²) >= 11 is 0. The van der Waals surface area contributed by atoms with Gasteiger partial charge in [0, 0.05) is 11.1 Å². The highest BCUT2D eigenvalue weighted by Crippen LogP contribution is 2.33. The predicted octanol–water partition coefficient (Wildman–Crippen LogP) is 6.33. The van der Waals surface area contributed by atoms with Crippen molar-refractivity contribution in [1.82, 2.24) is 4.98 Å². The molecule has 0 amide bonds. The van der Waals surface area contributed by atoms with E-state index in [1.165, 1.54) is 33.2 Å². The van der Waals surface area contributed by atoms with E-state index in [0.717, 1.165) is 22.7 Å². The molecule has 0 aliphatic carbocycles. The normalized spacial score (nSPS) is 11.3. The number of H-pyrrole nitrogens is 1. The molecule has 0 spiro atoms. The molecule has 0 atom stereocenters. The van der Waals surface area contributed by atoms with Crippen LogP contribution in [0.25, 0.3) is 33.7 Å². The van der Waals surface area contributed by atoms with Crippen molar-refractivity contribution >= 4 is 11.0 Å². The molecule has 1 N–H and O–H groups in total. The molecule has 4 aromatic rings. The molecule has 0 radical (unpaired) electrons. The maximum atomic E-state index is 6.16. The van der Waals surface area contributed by atoms with Gasteiger partial charge < -0.3 is 9.40 Å². The van der Waals surface area contributed by atoms with Crippen LogP contribution in [0.4, 0.5) is 0 Å². The Balaban J connectivity index is 1.80. The molecule has 0 fully saturated rings. The second-order valence-electron chi connectivity index (χ2n) is 6.64. The van der Waals surface area contributed by atoms with E-state index in [1.807, 2.05) is 0 Å². The molecule has 0 aliphatic rings. The lowest BCUT2D eigenvalue weighted by Gasteiger charge is -2.02. The van der Waals surface area contributed by atoms with E-state index in [2.05, 4.69) is 81.2 Å². The Morgan fingerprint density at radius 2 is 1.46 bits per heavy atom. The Kier molecular flexibility index (Phi) is 3.34. The number of aromatic amines is 1. The molecule has 120 valence electrons. The Morgan fingerprint density at radius 1 is 0.750 bits per heavy atom. The van der Waals surface area contributed by atoms with Crippen molar-refractivity contribution in [3.8, 4) is 22.7 Å². The summed E-state index contributed by atoms with van der Waals surface area (Å²) in [7, 11) is 0. The number of rotatable bonds is 2. The third-order valence-corrected chi connectivity index (χ3v) is 4.83. The van der Waals surface area contributed by atoms with Gasteiger partial charge in [0.25, 0.3) is 0 Å². The molecule has 2 heteroatoms. The maximum Gasteiger partial charge on any atom is 0.151 e. The van der Waals surface area contributed by atoms with Crippen molar-refractivity contribution in [2.75, 3.05) is 0 Å². The number of furan rings is 1. The average Bonchev–Trinajstić information content (AvgIpc) is 3.20. The van der Waals surface area contributed by atoms with E-state index in [1.54, 1.807) is 0 Å². The maximum absolute atomic E-state index is 6.16. The van der Waals surface area contributed by atoms with Gasteiger partial charge in [0.05, 0.1) is 5.69 Å². The summed E-state index contributed by atoms with van der Waals surface area (Å²) in [6, 6.07) is 17.1. The van der Waals surface area contributed by atoms with Crippen molar-refractivity contribution in [2.24, 2.45) is 0 Å². The van der Waals surface area contributed by atoms with E-state index < -0.39 is 0 Å². The van der Waals surface area contributed by atoms with Gasteiger partial charge in [-0.15, -0.1) is 0 Å². The van der Waals surface area contributed by atoms with Crippen LogP contribution in [-0.4, -0.2) is 4.98 Å². The van der Waals surface area contributed by atoms with Gasteiger partial charge in [-0.3, -0.25) is 0 Å². The van der Waals surface area contributed by atoms with Crippen LogP contribution in [0.5, 0.6) is 0 Å². The first-order chi connectivity index (χ1) is 11.5. The van der Waals surface area contributed by atoms with Crippen LogP contribution in [0.15, 0.2) is 52.9 Å². The van der Waals surface area contributed by atoms with E-state index >= 15 is 0 Å². The molecular weight excluding hydrogens is 294 g/mol. The second-order valence-corrected chi connectivity index (χ2v) is 6.64. The minimum Gasteiger partial charge on any atom is -0.454 e. The molecule has 2 aromatic heterocycles. The number of hydrogen-bond acceptors (Lipinski definition) is 1. The van der Waals surface area contributed by atoms with E-state index in [9.17, 15) is 0 Å². The first kappa shape index (κ1) is 14.8. The summed E-state index contributed by atoms with van der Waals surface area (Å²) in [4.78, 5) is 3.49. The molecule has 0 aliphatic heterocycles. The number of fused-ring (bicyclic) bond motifs is 1. The van der Waals surface area contributed by atoms with E-state index in [-0.39, 0.29) is 0 Å². The van der Waals surface area contributed by atoms with Crippen molar-refractivity contribution < 1.29 is 4.42 Å². The summed E-state index contributed by atoms with van der Waals surface area (Å²) in [5.74, 6) is 0.889. The molecule has 0 unspecified atom stereocenters. The Bertz CT molecular complexity index is 1030. The fourth-order valence-corrected chi connectivity index (χ4v) is 3.25. The zero-order valence-corrected chi connectivity index (χ0v) is 14.5. The first-order valence-electron chi connectivity index (χ1n) is 8.29. The van der Waals surface area contributed by atoms with Gasteiger partial charge in [-0.2, -0.15) is 0 Å². The second kappa shape index (κ2) is 5.41. The molecule has 2 nitrogen and oxygen atoms in total. The van der Waals surface area contributed by atoms with Crippen LogP contribution in [0.2, 0.25) is 0 Å². The molecule has 2 heterocycles. The summed E-state index contributed by atoms with van der Waals surface area (Å²) in [5.41, 5.74) is 9.34. The van der Waals surface area contributed by atoms with Gasteiger partial charge in [-0.25, -0.2) is 0 Å². The number of hydrogen-bond donors (Lipinski definition) is 1. The lowest BCUT2D eigenvalue weighted by Crippen LogP contribution is -1.83. The Hall–Kier alpha value is -2.74. The van der Waals surface area contributed by atoms with Crippen LogP contribution in [0.1, 0.15) is 22.3 Å². The van der Waals surface area contributed by atoms with Crippen molar-refractivity contribution in [3.63, 3.8) is 0 Å². The topological polar surface area (TPSA) is 28.9 Å². The van der Waals surface area contributed by atoms with Gasteiger partial charge in [0.15, 0.2) is 5.76 Å². The Labute approximate surface area is 142 Å². The highest BCUT2D eigenvalue weighted by atomic mass is 16.3. The minimum absolute atomic E-state index is 0.889. The monoisotopic (exact) mass is 315 g/mol. The van der Waals surface area contributed by atoms with Gasteiger partial charge in [0.1, 0.15) is 5.58 Å². The van der Waals surface area contributed by atoms with E-state index in [0.29, 0.717) is 0 Å². The van der Waals surface area contributed by atoms with Gasteiger partial charge >= 0.3 is 0 Å². The predicted molar refractivity (Wildman–Crippen MR) is 100 cm³/mol. The zero-order valence-electron chi connectivity index (χ0n) is 14.5. The number of aryl methyl sites for hydroxylation is 4. The van der Waals surface area contributed by atoms with E-state index in [4.69, 9.17) is 4.42 Å². The smallest absolute Gasteiger partial charge is 0.151 e. The molecule has 0 bridgehead atoms. The quantitative estimate of drug-likeness (QED) is 0.460. The summed E-state index contributed by atoms with van der Waals surface area (Å²) in [5, 5.41) is 1.20. The molecule has 4 rings (SSSR count). The van der Waals surface area contributed by atoms with Crippen molar-refractivity contribution in [2.45, 2.75) is 27.7 Å². The van der Waals surface area contributed by atoms with Crippen molar-refractivity contribution in [1.29, 1.82) is 0 Å². The third-order valence-electron chi connectivity index (χ3n) is 4.83. The average molecular weight is 315 g/mol. The lowest BCUT2D eigenvalue weighted by atomic mass is 10.0. The lowest BCUT2D eigenvalue weighted by molar-refractivity contribution is 0.626. The van der Waals surface area contributed by atoms with Crippen molar-refractivity contribution in [3.05, 3.63) is 70.8 Å². The highest BCUT2D eigenvalue weighted by Gasteiger charge is 2.13. The Morgan fingerprint density at radius 3 is 2.21 bits per heavy atom. The number of nitrogens with one attached hydrogen (secondary N) is 1. The molecule has 24 heavy (non-hydrogen) atoms. The number of aromatic nitrogens is 1. The van der Waals surface area contributed by atoms with Crippen LogP contribution < -0.4 is 0 Å². The number of benzene rings is 2. The van der Waals surface area contributed by atoms with Crippen LogP contribution in [0.3, 0.4) is 0 Å². The first-order valence-corrected chi connectivity index (χ1v) is 8.29. The van der Waals surface area contributed by atoms with Gasteiger partial charge in [-0.1, -0.05) is 35.9 Å². The molecule has 2 aromatic carbocycles. The molecule has 0 saturated carbocycles. The fourth-order valence-electron chi connectivity index (χ4n) is 3.25. The van der Waals surface area contributed by atoms with Gasteiger partial charge in [0.2, 0.25) is 0 Å². The SMILES string of the molecule is Cc1ccc(-c2ccc(-c3cc4c(C)c(C)cc(C)c4o3)[nH]2)cc1. The summed E-state index contributed by atoms with van der Waals surface area (Å²) < 4.78 is 6.16. The third kappa shape index (κ3) is 2.35. The fraction of sp³-hybridized carbons (Fsp3) is 0.182. The summed E-state index contributed by atoms with van der Waals surface area (Å²) in [6.07, 6.45) is 0. The zero-order chi connectivity index (χ0) is 16.8.